The van der Waals surface area contributed by atoms with Crippen LogP contribution < -0.4 is 10.2 Å². The molecule has 0 radical (unpaired) electrons. The van der Waals surface area contributed by atoms with Gasteiger partial charge in [0.2, 0.25) is 0 Å². The molecule has 1 fully saturated rings. The van der Waals surface area contributed by atoms with Crippen molar-refractivity contribution in [3.05, 3.63) is 47.7 Å². The van der Waals surface area contributed by atoms with Gasteiger partial charge in [-0.1, -0.05) is 26.0 Å². The van der Waals surface area contributed by atoms with Crippen molar-refractivity contribution in [3.8, 4) is 0 Å². The van der Waals surface area contributed by atoms with E-state index < -0.39 is 0 Å². The van der Waals surface area contributed by atoms with Crippen LogP contribution in [0.1, 0.15) is 55.1 Å². The van der Waals surface area contributed by atoms with E-state index in [0.717, 1.165) is 24.6 Å². The molecule has 1 aliphatic rings. The number of nitrogens with zero attached hydrogens (tertiary/aromatic N) is 3. The Kier molecular flexibility index (Phi) is 5.08. The summed E-state index contributed by atoms with van der Waals surface area (Å²) in [7, 11) is 0. The molecule has 24 heavy (non-hydrogen) atoms. The molecule has 0 atom stereocenters. The van der Waals surface area contributed by atoms with Crippen molar-refractivity contribution < 1.29 is 4.79 Å². The average molecular weight is 324 g/mol. The Morgan fingerprint density at radius 1 is 1.00 bits per heavy atom. The number of nitrogens with one attached hydrogen (secondary N) is 1. The average Bonchev–Trinajstić information content (AvgIpc) is 2.63. The van der Waals surface area contributed by atoms with E-state index in [4.69, 9.17) is 0 Å². The quantitative estimate of drug-likeness (QED) is 0.928. The predicted molar refractivity (Wildman–Crippen MR) is 96.6 cm³/mol. The zero-order valence-electron chi connectivity index (χ0n) is 14.3. The predicted octanol–water partition coefficient (Wildman–Crippen LogP) is 3.84. The summed E-state index contributed by atoms with van der Waals surface area (Å²) in [5.41, 5.74) is 2.36. The van der Waals surface area contributed by atoms with Crippen molar-refractivity contribution in [2.24, 2.45) is 0 Å². The topological polar surface area (TPSA) is 58.1 Å². The molecular formula is C19H24N4O. The monoisotopic (exact) mass is 324 g/mol. The molecule has 1 saturated heterocycles. The first-order valence-corrected chi connectivity index (χ1v) is 8.63. The zero-order valence-corrected chi connectivity index (χ0v) is 14.3. The Hall–Kier alpha value is -2.43. The maximum Gasteiger partial charge on any atom is 0.276 e. The van der Waals surface area contributed by atoms with Gasteiger partial charge in [0.25, 0.3) is 5.91 Å². The van der Waals surface area contributed by atoms with Crippen molar-refractivity contribution in [2.45, 2.75) is 39.0 Å². The lowest BCUT2D eigenvalue weighted by Gasteiger charge is -2.27. The second-order valence-electron chi connectivity index (χ2n) is 6.56. The van der Waals surface area contributed by atoms with Crippen LogP contribution in [0.4, 0.5) is 11.5 Å². The van der Waals surface area contributed by atoms with E-state index >= 15 is 0 Å². The van der Waals surface area contributed by atoms with E-state index in [1.54, 1.807) is 6.07 Å². The molecule has 0 aliphatic carbocycles. The van der Waals surface area contributed by atoms with Gasteiger partial charge in [0.15, 0.2) is 11.5 Å². The molecule has 0 bridgehead atoms. The number of anilines is 2. The molecule has 126 valence electrons. The van der Waals surface area contributed by atoms with Gasteiger partial charge in [-0.25, -0.2) is 0 Å². The van der Waals surface area contributed by atoms with E-state index in [0.29, 0.717) is 11.6 Å². The highest BCUT2D eigenvalue weighted by Crippen LogP contribution is 2.19. The van der Waals surface area contributed by atoms with Gasteiger partial charge in [0, 0.05) is 18.8 Å². The Labute approximate surface area is 143 Å². The third-order valence-corrected chi connectivity index (χ3v) is 4.40. The summed E-state index contributed by atoms with van der Waals surface area (Å²) >= 11 is 0. The van der Waals surface area contributed by atoms with Crippen molar-refractivity contribution in [1.29, 1.82) is 0 Å². The van der Waals surface area contributed by atoms with Gasteiger partial charge < -0.3 is 10.2 Å². The van der Waals surface area contributed by atoms with Crippen LogP contribution in [0.5, 0.6) is 0 Å². The highest BCUT2D eigenvalue weighted by Gasteiger charge is 2.14. The maximum atomic E-state index is 12.3. The van der Waals surface area contributed by atoms with E-state index in [-0.39, 0.29) is 5.91 Å². The van der Waals surface area contributed by atoms with Gasteiger partial charge >= 0.3 is 0 Å². The van der Waals surface area contributed by atoms with E-state index in [9.17, 15) is 4.79 Å². The van der Waals surface area contributed by atoms with Gasteiger partial charge in [-0.2, -0.15) is 0 Å². The van der Waals surface area contributed by atoms with E-state index in [1.165, 1.54) is 24.8 Å². The molecule has 5 nitrogen and oxygen atoms in total. The number of rotatable bonds is 4. The van der Waals surface area contributed by atoms with Crippen molar-refractivity contribution >= 4 is 17.4 Å². The van der Waals surface area contributed by atoms with Crippen molar-refractivity contribution in [3.63, 3.8) is 0 Å². The maximum absolute atomic E-state index is 12.3. The molecule has 2 aromatic rings. The Morgan fingerprint density at radius 2 is 1.71 bits per heavy atom. The summed E-state index contributed by atoms with van der Waals surface area (Å²) < 4.78 is 0. The molecule has 1 N–H and O–H groups in total. The van der Waals surface area contributed by atoms with Crippen molar-refractivity contribution in [2.75, 3.05) is 23.3 Å². The lowest BCUT2D eigenvalue weighted by molar-refractivity contribution is 0.102. The molecule has 0 unspecified atom stereocenters. The molecular weight excluding hydrogens is 300 g/mol. The number of aromatic nitrogens is 2. The summed E-state index contributed by atoms with van der Waals surface area (Å²) in [5, 5.41) is 11.2. The number of carbonyl (C=O) groups is 1. The number of amides is 1. The molecule has 1 aliphatic heterocycles. The smallest absolute Gasteiger partial charge is 0.276 e. The fraction of sp³-hybridized carbons (Fsp3) is 0.421. The van der Waals surface area contributed by atoms with Gasteiger partial charge in [-0.3, -0.25) is 4.79 Å². The van der Waals surface area contributed by atoms with E-state index in [2.05, 4.69) is 34.3 Å². The van der Waals surface area contributed by atoms with Crippen LogP contribution in [-0.2, 0) is 0 Å². The Morgan fingerprint density at radius 3 is 2.29 bits per heavy atom. The summed E-state index contributed by atoms with van der Waals surface area (Å²) in [4.78, 5) is 14.5. The minimum atomic E-state index is -0.231. The molecule has 0 spiro atoms. The van der Waals surface area contributed by atoms with Crippen molar-refractivity contribution in [1.82, 2.24) is 10.2 Å². The van der Waals surface area contributed by atoms with Crippen LogP contribution in [0.25, 0.3) is 0 Å². The molecule has 1 aromatic carbocycles. The lowest BCUT2D eigenvalue weighted by atomic mass is 10.0. The highest BCUT2D eigenvalue weighted by molar-refractivity contribution is 6.02. The molecule has 3 rings (SSSR count). The minimum absolute atomic E-state index is 0.231. The summed E-state index contributed by atoms with van der Waals surface area (Å²) in [6, 6.07) is 11.5. The fourth-order valence-corrected chi connectivity index (χ4v) is 2.88. The van der Waals surface area contributed by atoms with Crippen LogP contribution in [0, 0.1) is 0 Å². The van der Waals surface area contributed by atoms with Crippen LogP contribution in [0.2, 0.25) is 0 Å². The highest BCUT2D eigenvalue weighted by atomic mass is 16.1. The van der Waals surface area contributed by atoms with Gasteiger partial charge in [-0.05, 0) is 55.0 Å². The van der Waals surface area contributed by atoms with Crippen LogP contribution in [0.15, 0.2) is 36.4 Å². The summed E-state index contributed by atoms with van der Waals surface area (Å²) in [5.74, 6) is 1.10. The van der Waals surface area contributed by atoms with Gasteiger partial charge in [0.05, 0.1) is 0 Å². The lowest BCUT2D eigenvalue weighted by Crippen LogP contribution is -2.30. The number of hydrogen-bond acceptors (Lipinski definition) is 4. The van der Waals surface area contributed by atoms with Crippen LogP contribution >= 0.6 is 0 Å². The number of benzene rings is 1. The first kappa shape index (κ1) is 16.4. The number of piperidine rings is 1. The minimum Gasteiger partial charge on any atom is -0.355 e. The SMILES string of the molecule is CC(C)c1ccc(NC(=O)c2ccc(N3CCCCC3)nn2)cc1. The van der Waals surface area contributed by atoms with Crippen LogP contribution in [0.3, 0.4) is 0 Å². The summed E-state index contributed by atoms with van der Waals surface area (Å²) in [6.45, 7) is 6.32. The van der Waals surface area contributed by atoms with Gasteiger partial charge in [0.1, 0.15) is 0 Å². The largest absolute Gasteiger partial charge is 0.355 e. The third-order valence-electron chi connectivity index (χ3n) is 4.40. The summed E-state index contributed by atoms with van der Waals surface area (Å²) in [6.07, 6.45) is 3.66. The molecule has 1 aromatic heterocycles. The first-order valence-electron chi connectivity index (χ1n) is 8.63. The van der Waals surface area contributed by atoms with E-state index in [1.807, 2.05) is 30.3 Å². The molecule has 0 saturated carbocycles. The molecule has 5 heteroatoms. The second-order valence-corrected chi connectivity index (χ2v) is 6.56. The second kappa shape index (κ2) is 7.43. The number of carbonyl (C=O) groups excluding carboxylic acids is 1. The number of hydrogen-bond donors (Lipinski definition) is 1. The standard InChI is InChI=1S/C19H24N4O/c1-14(2)15-6-8-16(9-7-15)20-19(24)17-10-11-18(22-21-17)23-12-4-3-5-13-23/h6-11,14H,3-5,12-13H2,1-2H3,(H,20,24). The van der Waals surface area contributed by atoms with Crippen LogP contribution in [-0.4, -0.2) is 29.2 Å². The molecule has 1 amide bonds. The first-order chi connectivity index (χ1) is 11.6. The fourth-order valence-electron chi connectivity index (χ4n) is 2.88. The van der Waals surface area contributed by atoms with Gasteiger partial charge in [-0.15, -0.1) is 10.2 Å². The third kappa shape index (κ3) is 3.91. The zero-order chi connectivity index (χ0) is 16.9. The Balaban J connectivity index is 1.64. The Bertz CT molecular complexity index is 674. The normalized spacial score (nSPS) is 14.7. The molecule has 2 heterocycles.